The van der Waals surface area contributed by atoms with E-state index in [0.717, 1.165) is 40.9 Å². The average Bonchev–Trinajstić information content (AvgIpc) is 2.67. The van der Waals surface area contributed by atoms with Gasteiger partial charge in [0.2, 0.25) is 0 Å². The van der Waals surface area contributed by atoms with Gasteiger partial charge in [-0.3, -0.25) is 4.98 Å². The third-order valence-corrected chi connectivity index (χ3v) is 4.05. The van der Waals surface area contributed by atoms with Gasteiger partial charge in [-0.05, 0) is 50.8 Å². The lowest BCUT2D eigenvalue weighted by Crippen LogP contribution is -2.15. The fraction of sp³-hybridized carbons (Fsp3) is 0.471. The maximum Gasteiger partial charge on any atom is 0.131 e. The minimum Gasteiger partial charge on any atom is -0.490 e. The molecule has 1 aliphatic rings. The first-order valence-corrected chi connectivity index (χ1v) is 7.56. The zero-order chi connectivity index (χ0) is 13.9. The number of ether oxygens (including phenoxy) is 1. The molecule has 2 aromatic rings. The van der Waals surface area contributed by atoms with Crippen molar-refractivity contribution in [3.63, 3.8) is 0 Å². The van der Waals surface area contributed by atoms with Gasteiger partial charge in [0.25, 0.3) is 0 Å². The molecule has 2 N–H and O–H groups in total. The molecule has 106 valence electrons. The molecule has 1 aromatic carbocycles. The molecular formula is C17H22N2O. The van der Waals surface area contributed by atoms with Crippen molar-refractivity contribution in [3.8, 4) is 5.75 Å². The van der Waals surface area contributed by atoms with Gasteiger partial charge in [0.1, 0.15) is 5.75 Å². The summed E-state index contributed by atoms with van der Waals surface area (Å²) in [5, 5.41) is 0.961. The Balaban J connectivity index is 1.94. The van der Waals surface area contributed by atoms with Crippen molar-refractivity contribution < 1.29 is 4.74 Å². The number of fused-ring (bicyclic) bond motifs is 1. The standard InChI is InChI=1S/C17H22N2O/c1-12-11-14(18)17-15(19-12)9-6-10-16(17)20-13-7-4-2-3-5-8-13/h6,9-11,13H,2-5,7-8H2,1H3,(H2,18,19). The Morgan fingerprint density at radius 3 is 2.65 bits per heavy atom. The van der Waals surface area contributed by atoms with Gasteiger partial charge in [0, 0.05) is 11.4 Å². The second-order valence-corrected chi connectivity index (χ2v) is 5.73. The maximum absolute atomic E-state index is 6.25. The molecule has 20 heavy (non-hydrogen) atoms. The molecule has 1 aliphatic carbocycles. The van der Waals surface area contributed by atoms with Crippen LogP contribution in [0, 0.1) is 6.92 Å². The van der Waals surface area contributed by atoms with E-state index in [0.29, 0.717) is 6.10 Å². The zero-order valence-electron chi connectivity index (χ0n) is 12.1. The molecule has 0 spiro atoms. The molecule has 0 bridgehead atoms. The Labute approximate surface area is 120 Å². The summed E-state index contributed by atoms with van der Waals surface area (Å²) in [6.45, 7) is 1.97. The molecular weight excluding hydrogens is 248 g/mol. The van der Waals surface area contributed by atoms with E-state index in [4.69, 9.17) is 10.5 Å². The number of benzene rings is 1. The van der Waals surface area contributed by atoms with E-state index in [9.17, 15) is 0 Å². The van der Waals surface area contributed by atoms with Crippen molar-refractivity contribution in [2.45, 2.75) is 51.6 Å². The molecule has 3 rings (SSSR count). The molecule has 1 saturated carbocycles. The van der Waals surface area contributed by atoms with Crippen LogP contribution in [-0.4, -0.2) is 11.1 Å². The molecule has 0 aliphatic heterocycles. The van der Waals surface area contributed by atoms with Crippen LogP contribution in [-0.2, 0) is 0 Å². The van der Waals surface area contributed by atoms with Gasteiger partial charge in [-0.1, -0.05) is 18.9 Å². The van der Waals surface area contributed by atoms with Crippen molar-refractivity contribution in [1.82, 2.24) is 4.98 Å². The van der Waals surface area contributed by atoms with E-state index >= 15 is 0 Å². The Hall–Kier alpha value is -1.77. The highest BCUT2D eigenvalue weighted by Gasteiger charge is 2.16. The van der Waals surface area contributed by atoms with Crippen molar-refractivity contribution in [2.75, 3.05) is 5.73 Å². The number of hydrogen-bond donors (Lipinski definition) is 1. The Morgan fingerprint density at radius 2 is 1.90 bits per heavy atom. The molecule has 3 nitrogen and oxygen atoms in total. The lowest BCUT2D eigenvalue weighted by Gasteiger charge is -2.19. The predicted octanol–water partition coefficient (Wildman–Crippen LogP) is 4.23. The van der Waals surface area contributed by atoms with Crippen molar-refractivity contribution in [3.05, 3.63) is 30.0 Å². The summed E-state index contributed by atoms with van der Waals surface area (Å²) < 4.78 is 6.25. The highest BCUT2D eigenvalue weighted by molar-refractivity contribution is 5.95. The SMILES string of the molecule is Cc1cc(N)c2c(OC3CCCCCC3)cccc2n1. The summed E-state index contributed by atoms with van der Waals surface area (Å²) in [7, 11) is 0. The van der Waals surface area contributed by atoms with Gasteiger partial charge < -0.3 is 10.5 Å². The number of nitrogens with zero attached hydrogens (tertiary/aromatic N) is 1. The first-order valence-electron chi connectivity index (χ1n) is 7.56. The molecule has 1 heterocycles. The summed E-state index contributed by atoms with van der Waals surface area (Å²) in [6, 6.07) is 7.93. The van der Waals surface area contributed by atoms with Crippen LogP contribution in [0.4, 0.5) is 5.69 Å². The van der Waals surface area contributed by atoms with Crippen LogP contribution in [0.25, 0.3) is 10.9 Å². The first-order chi connectivity index (χ1) is 9.74. The number of rotatable bonds is 2. The summed E-state index contributed by atoms with van der Waals surface area (Å²) in [5.74, 6) is 0.888. The third-order valence-electron chi connectivity index (χ3n) is 4.05. The Kier molecular flexibility index (Phi) is 3.77. The molecule has 3 heteroatoms. The highest BCUT2D eigenvalue weighted by atomic mass is 16.5. The summed E-state index contributed by atoms with van der Waals surface area (Å²) in [4.78, 5) is 4.55. The highest BCUT2D eigenvalue weighted by Crippen LogP contribution is 2.32. The first kappa shape index (κ1) is 13.2. The van der Waals surface area contributed by atoms with E-state index in [2.05, 4.69) is 4.98 Å². The number of anilines is 1. The van der Waals surface area contributed by atoms with Gasteiger partial charge >= 0.3 is 0 Å². The number of pyridine rings is 1. The van der Waals surface area contributed by atoms with Crippen molar-refractivity contribution in [1.29, 1.82) is 0 Å². The molecule has 1 aromatic heterocycles. The fourth-order valence-corrected chi connectivity index (χ4v) is 3.06. The van der Waals surface area contributed by atoms with E-state index in [1.54, 1.807) is 0 Å². The maximum atomic E-state index is 6.25. The topological polar surface area (TPSA) is 48.1 Å². The minimum absolute atomic E-state index is 0.323. The number of nitrogen functional groups attached to an aromatic ring is 1. The second-order valence-electron chi connectivity index (χ2n) is 5.73. The monoisotopic (exact) mass is 270 g/mol. The Bertz CT molecular complexity index is 601. The predicted molar refractivity (Wildman–Crippen MR) is 83.0 cm³/mol. The number of aryl methyl sites for hydroxylation is 1. The van der Waals surface area contributed by atoms with Gasteiger partial charge in [-0.2, -0.15) is 0 Å². The molecule has 0 radical (unpaired) electrons. The fourth-order valence-electron chi connectivity index (χ4n) is 3.06. The van der Waals surface area contributed by atoms with Crippen LogP contribution >= 0.6 is 0 Å². The third kappa shape index (κ3) is 2.72. The van der Waals surface area contributed by atoms with Crippen LogP contribution < -0.4 is 10.5 Å². The van der Waals surface area contributed by atoms with Gasteiger partial charge in [0.15, 0.2) is 0 Å². The number of hydrogen-bond acceptors (Lipinski definition) is 3. The molecule has 0 atom stereocenters. The molecule has 1 fully saturated rings. The normalized spacial score (nSPS) is 17.1. The van der Waals surface area contributed by atoms with Crippen molar-refractivity contribution >= 4 is 16.6 Å². The largest absolute Gasteiger partial charge is 0.490 e. The van der Waals surface area contributed by atoms with Crippen LogP contribution in [0.15, 0.2) is 24.3 Å². The van der Waals surface area contributed by atoms with Gasteiger partial charge in [-0.15, -0.1) is 0 Å². The smallest absolute Gasteiger partial charge is 0.131 e. The minimum atomic E-state index is 0.323. The summed E-state index contributed by atoms with van der Waals surface area (Å²) >= 11 is 0. The van der Waals surface area contributed by atoms with E-state index in [-0.39, 0.29) is 0 Å². The van der Waals surface area contributed by atoms with E-state index in [1.807, 2.05) is 31.2 Å². The number of aromatic nitrogens is 1. The lowest BCUT2D eigenvalue weighted by atomic mass is 10.1. The van der Waals surface area contributed by atoms with Crippen LogP contribution in [0.5, 0.6) is 5.75 Å². The van der Waals surface area contributed by atoms with Crippen LogP contribution in [0.2, 0.25) is 0 Å². The average molecular weight is 270 g/mol. The molecule has 0 saturated heterocycles. The van der Waals surface area contributed by atoms with E-state index in [1.165, 1.54) is 25.7 Å². The van der Waals surface area contributed by atoms with Gasteiger partial charge in [-0.25, -0.2) is 0 Å². The summed E-state index contributed by atoms with van der Waals surface area (Å²) in [5.41, 5.74) is 8.81. The van der Waals surface area contributed by atoms with E-state index < -0.39 is 0 Å². The lowest BCUT2D eigenvalue weighted by molar-refractivity contribution is 0.186. The quantitative estimate of drug-likeness (QED) is 0.831. The van der Waals surface area contributed by atoms with Crippen LogP contribution in [0.3, 0.4) is 0 Å². The zero-order valence-corrected chi connectivity index (χ0v) is 12.1. The molecule has 0 amide bonds. The van der Waals surface area contributed by atoms with Crippen LogP contribution in [0.1, 0.15) is 44.2 Å². The molecule has 0 unspecified atom stereocenters. The van der Waals surface area contributed by atoms with Crippen molar-refractivity contribution in [2.24, 2.45) is 0 Å². The van der Waals surface area contributed by atoms with Gasteiger partial charge in [0.05, 0.1) is 17.0 Å². The summed E-state index contributed by atoms with van der Waals surface area (Å²) in [6.07, 6.45) is 7.82. The number of nitrogens with two attached hydrogens (primary N) is 1. The second kappa shape index (κ2) is 5.70. The Morgan fingerprint density at radius 1 is 1.15 bits per heavy atom.